The number of fused-ring (bicyclic) bond motifs is 8. The average molecular weight is 1410 g/mol. The van der Waals surface area contributed by atoms with Crippen LogP contribution in [0.1, 0.15) is 473 Å². The van der Waals surface area contributed by atoms with E-state index in [4.69, 9.17) is 0 Å². The van der Waals surface area contributed by atoms with Gasteiger partial charge in [-0.05, 0) is 131 Å². The predicted molar refractivity (Wildman–Crippen MR) is 440 cm³/mol. The van der Waals surface area contributed by atoms with Crippen molar-refractivity contribution >= 4 is 66.2 Å². The Morgan fingerprint density at radius 1 is 0.265 bits per heavy atom. The molecular formula is C92H144O2S4. The van der Waals surface area contributed by atoms with Crippen LogP contribution in [0.5, 0.6) is 0 Å². The quantitative estimate of drug-likeness (QED) is 0.0413. The molecule has 2 aliphatic carbocycles. The summed E-state index contributed by atoms with van der Waals surface area (Å²) in [6, 6.07) is 15.2. The first-order valence-electron chi connectivity index (χ1n) is 43.0. The lowest BCUT2D eigenvalue weighted by Crippen LogP contribution is -2.27. The zero-order valence-electron chi connectivity index (χ0n) is 64.3. The summed E-state index contributed by atoms with van der Waals surface area (Å²) in [7, 11) is 0. The fourth-order valence-corrected chi connectivity index (χ4v) is 22.4. The highest BCUT2D eigenvalue weighted by Crippen LogP contribution is 2.64. The molecule has 0 fully saturated rings. The predicted octanol–water partition coefficient (Wildman–Crippen LogP) is 31.2. The van der Waals surface area contributed by atoms with Gasteiger partial charge in [-0.15, -0.1) is 22.7 Å². The molecule has 0 spiro atoms. The van der Waals surface area contributed by atoms with Crippen LogP contribution in [0.4, 0.5) is 0 Å². The Bertz CT molecular complexity index is 2990. The number of benzene rings is 2. The van der Waals surface area contributed by atoms with Crippen molar-refractivity contribution in [1.82, 2.24) is 0 Å². The molecule has 0 unspecified atom stereocenters. The van der Waals surface area contributed by atoms with Crippen molar-refractivity contribution in [3.05, 3.63) is 90.0 Å². The minimum absolute atomic E-state index is 0.0367. The SMILES string of the molecule is CCCCCCCCCCCCCCCCC1(CCCCCCCCCCCCCCCC)c2cc3c(cc2-c2sc(C)cc21)C(CCCCCCCCCCCCCCCC)(CCCCCCCCCCCCCCCC)c1cc(C2=c4cc5c(cc4C(=O)S2)=C(C)SC5=O)sc1-3. The maximum atomic E-state index is 14.3. The Labute approximate surface area is 619 Å². The van der Waals surface area contributed by atoms with Crippen LogP contribution in [0.2, 0.25) is 0 Å². The van der Waals surface area contributed by atoms with Crippen LogP contribution in [-0.2, 0) is 10.8 Å². The summed E-state index contributed by atoms with van der Waals surface area (Å²) in [5.41, 5.74) is 11.2. The van der Waals surface area contributed by atoms with E-state index in [1.807, 2.05) is 18.3 Å². The molecule has 6 heteroatoms. The second kappa shape index (κ2) is 46.4. The minimum atomic E-state index is -0.0724. The second-order valence-corrected chi connectivity index (χ2v) is 36.5. The maximum absolute atomic E-state index is 14.3. The number of aryl methyl sites for hydroxylation is 1. The number of thioether (sulfide) groups is 2. The van der Waals surface area contributed by atoms with Crippen molar-refractivity contribution in [1.29, 1.82) is 0 Å². The summed E-state index contributed by atoms with van der Waals surface area (Å²) in [5.74, 6) is 0. The number of unbranched alkanes of at least 4 members (excludes halogenated alkanes) is 52. The zero-order valence-corrected chi connectivity index (χ0v) is 67.6. The van der Waals surface area contributed by atoms with Crippen molar-refractivity contribution in [3.8, 4) is 20.9 Å². The molecular weight excluding hydrogens is 1270 g/mol. The highest BCUT2D eigenvalue weighted by atomic mass is 32.2. The van der Waals surface area contributed by atoms with Gasteiger partial charge in [-0.3, -0.25) is 9.59 Å². The molecule has 4 aromatic rings. The lowest BCUT2D eigenvalue weighted by molar-refractivity contribution is 0.107. The molecule has 0 saturated heterocycles. The number of carbonyl (C=O) groups is 2. The molecule has 98 heavy (non-hydrogen) atoms. The third-order valence-electron chi connectivity index (χ3n) is 24.0. The number of hydrogen-bond acceptors (Lipinski definition) is 6. The summed E-state index contributed by atoms with van der Waals surface area (Å²) in [5, 5.41) is 2.20. The van der Waals surface area contributed by atoms with E-state index in [1.165, 1.54) is 429 Å². The topological polar surface area (TPSA) is 34.1 Å². The van der Waals surface area contributed by atoms with Gasteiger partial charge in [0.2, 0.25) is 10.2 Å². The van der Waals surface area contributed by atoms with E-state index >= 15 is 0 Å². The van der Waals surface area contributed by atoms with Crippen LogP contribution in [0.15, 0.2) is 36.4 Å². The van der Waals surface area contributed by atoms with Gasteiger partial charge in [0, 0.05) is 51.6 Å². The summed E-state index contributed by atoms with van der Waals surface area (Å²) in [6.45, 7) is 13.8. The molecule has 4 aliphatic rings. The van der Waals surface area contributed by atoms with Crippen molar-refractivity contribution < 1.29 is 9.59 Å². The Hall–Kier alpha value is -2.38. The lowest BCUT2D eigenvalue weighted by Gasteiger charge is -2.34. The van der Waals surface area contributed by atoms with Crippen molar-refractivity contribution in [3.63, 3.8) is 0 Å². The summed E-state index contributed by atoms with van der Waals surface area (Å²) >= 11 is 6.89. The third kappa shape index (κ3) is 24.3. The van der Waals surface area contributed by atoms with Gasteiger partial charge in [0.05, 0.1) is 0 Å². The number of rotatable bonds is 61. The molecule has 2 aliphatic heterocycles. The van der Waals surface area contributed by atoms with Gasteiger partial charge in [-0.2, -0.15) is 0 Å². The van der Waals surface area contributed by atoms with E-state index < -0.39 is 0 Å². The van der Waals surface area contributed by atoms with Gasteiger partial charge in [-0.1, -0.05) is 399 Å². The molecule has 0 bridgehead atoms. The van der Waals surface area contributed by atoms with Crippen LogP contribution < -0.4 is 10.4 Å². The average Bonchev–Trinajstić information content (AvgIpc) is 1.52. The van der Waals surface area contributed by atoms with Gasteiger partial charge in [0.1, 0.15) is 0 Å². The standard InChI is InChI=1S/C92H144O2S4/c1-7-11-15-19-23-27-31-35-39-43-47-51-55-59-63-91(64-60-56-52-48-44-40-36-32-28-24-20-16-12-8-2)81-71-80-82(70-79(81)86-83(91)67-73(5)95-86)92(65-61-57-53-49-45-41-37-33-29-25-21-17-13-9-3,66-62-58-54-50-46-42-38-34-30-26-22-18-14-10-4)84-72-85(97-87(80)84)88-76-69-77-75(74(6)96-89(77)93)68-78(76)90(94)98-88/h67-72H,7-66H2,1-6H3. The fraction of sp³-hybridized carbons (Fsp3) is 0.739. The van der Waals surface area contributed by atoms with Gasteiger partial charge >= 0.3 is 0 Å². The molecule has 2 aromatic carbocycles. The molecule has 8 rings (SSSR count). The van der Waals surface area contributed by atoms with Crippen molar-refractivity contribution in [2.75, 3.05) is 0 Å². The lowest BCUT2D eigenvalue weighted by atomic mass is 9.68. The van der Waals surface area contributed by atoms with Crippen LogP contribution in [0.3, 0.4) is 0 Å². The number of thiophene rings is 2. The first-order chi connectivity index (χ1) is 48.2. The molecule has 4 heterocycles. The van der Waals surface area contributed by atoms with Crippen LogP contribution in [0, 0.1) is 6.92 Å². The largest absolute Gasteiger partial charge is 0.281 e. The normalized spacial score (nSPS) is 14.7. The third-order valence-corrected chi connectivity index (χ3v) is 28.4. The molecule has 0 saturated carbocycles. The zero-order chi connectivity index (χ0) is 68.9. The van der Waals surface area contributed by atoms with Crippen molar-refractivity contribution in [2.45, 2.75) is 438 Å². The monoisotopic (exact) mass is 1410 g/mol. The van der Waals surface area contributed by atoms with E-state index in [0.717, 1.165) is 31.4 Å². The first kappa shape index (κ1) is 81.3. The summed E-state index contributed by atoms with van der Waals surface area (Å²) < 4.78 is 0. The molecule has 0 atom stereocenters. The van der Waals surface area contributed by atoms with E-state index in [1.54, 1.807) is 32.7 Å². The number of carbonyl (C=O) groups excluding carboxylic acids is 2. The van der Waals surface area contributed by atoms with Crippen LogP contribution in [0.25, 0.3) is 30.7 Å². The van der Waals surface area contributed by atoms with Gasteiger partial charge in [0.25, 0.3) is 0 Å². The minimum Gasteiger partial charge on any atom is -0.281 e. The highest BCUT2D eigenvalue weighted by molar-refractivity contribution is 8.22. The maximum Gasteiger partial charge on any atom is 0.224 e. The Kier molecular flexibility index (Phi) is 38.5. The van der Waals surface area contributed by atoms with E-state index in [-0.39, 0.29) is 21.1 Å². The van der Waals surface area contributed by atoms with Gasteiger partial charge in [-0.25, -0.2) is 0 Å². The molecule has 0 amide bonds. The van der Waals surface area contributed by atoms with Crippen LogP contribution >= 0.6 is 46.2 Å². The Morgan fingerprint density at radius 2 is 0.531 bits per heavy atom. The smallest absolute Gasteiger partial charge is 0.224 e. The molecule has 2 aromatic heterocycles. The van der Waals surface area contributed by atoms with Gasteiger partial charge < -0.3 is 0 Å². The molecule has 548 valence electrons. The first-order valence-corrected chi connectivity index (χ1v) is 46.3. The van der Waals surface area contributed by atoms with Crippen molar-refractivity contribution in [2.24, 2.45) is 0 Å². The second-order valence-electron chi connectivity index (χ2n) is 32.1. The van der Waals surface area contributed by atoms with E-state index in [9.17, 15) is 9.59 Å². The number of hydrogen-bond donors (Lipinski definition) is 0. The molecule has 0 N–H and O–H groups in total. The summed E-state index contributed by atoms with van der Waals surface area (Å²) in [6.07, 6.45) is 82.8. The van der Waals surface area contributed by atoms with E-state index in [2.05, 4.69) is 82.4 Å². The molecule has 2 nitrogen and oxygen atoms in total. The summed E-state index contributed by atoms with van der Waals surface area (Å²) in [4.78, 5) is 35.8. The van der Waals surface area contributed by atoms with Gasteiger partial charge in [0.15, 0.2) is 0 Å². The highest BCUT2D eigenvalue weighted by Gasteiger charge is 2.50. The molecule has 0 radical (unpaired) electrons. The Morgan fingerprint density at radius 3 is 0.857 bits per heavy atom. The van der Waals surface area contributed by atoms with Crippen LogP contribution in [-0.4, -0.2) is 10.2 Å². The Balaban J connectivity index is 1.07. The van der Waals surface area contributed by atoms with E-state index in [0.29, 0.717) is 0 Å². The fourth-order valence-electron chi connectivity index (χ4n) is 18.0.